The highest BCUT2D eigenvalue weighted by atomic mass is 16.4. The second-order valence-electron chi connectivity index (χ2n) is 8.26. The number of hydrogen-bond donors (Lipinski definition) is 2. The highest BCUT2D eigenvalue weighted by molar-refractivity contribution is 5.86. The Labute approximate surface area is 172 Å². The van der Waals surface area contributed by atoms with E-state index in [0.29, 0.717) is 11.5 Å². The van der Waals surface area contributed by atoms with Crippen LogP contribution in [0.15, 0.2) is 11.1 Å². The molecule has 4 heteroatoms. The number of unbranched alkanes of at least 4 members (excludes halogenated alkanes) is 8. The number of aliphatic carboxylic acids is 2. The first-order chi connectivity index (χ1) is 13.4. The van der Waals surface area contributed by atoms with Crippen LogP contribution in [-0.2, 0) is 9.59 Å². The highest BCUT2D eigenvalue weighted by Crippen LogP contribution is 2.29. The van der Waals surface area contributed by atoms with E-state index in [1.165, 1.54) is 51.4 Å². The second kappa shape index (κ2) is 17.8. The molecule has 0 bridgehead atoms. The second-order valence-corrected chi connectivity index (χ2v) is 8.26. The molecule has 0 aliphatic heterocycles. The minimum absolute atomic E-state index is 0.250. The molecule has 164 valence electrons. The predicted octanol–water partition coefficient (Wildman–Crippen LogP) is 7.37. The minimum atomic E-state index is -0.781. The van der Waals surface area contributed by atoms with Crippen LogP contribution in [0, 0.1) is 5.92 Å². The van der Waals surface area contributed by atoms with E-state index in [0.717, 1.165) is 50.5 Å². The van der Waals surface area contributed by atoms with Crippen molar-refractivity contribution in [3.63, 3.8) is 0 Å². The van der Waals surface area contributed by atoms with Gasteiger partial charge in [0.1, 0.15) is 0 Å². The van der Waals surface area contributed by atoms with Crippen molar-refractivity contribution in [3.8, 4) is 0 Å². The summed E-state index contributed by atoms with van der Waals surface area (Å²) in [6.07, 6.45) is 16.7. The molecule has 0 amide bonds. The maximum absolute atomic E-state index is 11.6. The maximum atomic E-state index is 11.6. The number of carboxylic acid groups (broad SMARTS) is 2. The SMILES string of the molecule is CCCCCCC(CCCC)CC(CCCCCCCC(=O)O)=C(C)C(=O)O. The van der Waals surface area contributed by atoms with E-state index in [1.807, 2.05) is 0 Å². The fourth-order valence-electron chi connectivity index (χ4n) is 3.79. The van der Waals surface area contributed by atoms with E-state index in [-0.39, 0.29) is 6.42 Å². The number of carboxylic acids is 2. The molecule has 0 aliphatic rings. The van der Waals surface area contributed by atoms with Gasteiger partial charge in [0.05, 0.1) is 0 Å². The molecule has 28 heavy (non-hydrogen) atoms. The van der Waals surface area contributed by atoms with Gasteiger partial charge < -0.3 is 10.2 Å². The summed E-state index contributed by atoms with van der Waals surface area (Å²) in [5.74, 6) is -0.896. The van der Waals surface area contributed by atoms with Gasteiger partial charge in [-0.25, -0.2) is 4.79 Å². The Bertz CT molecular complexity index is 454. The molecule has 0 aromatic rings. The molecule has 0 heterocycles. The number of hydrogen-bond acceptors (Lipinski definition) is 2. The number of carbonyl (C=O) groups is 2. The molecule has 0 radical (unpaired) electrons. The van der Waals surface area contributed by atoms with E-state index >= 15 is 0 Å². The zero-order chi connectivity index (χ0) is 21.2. The molecular formula is C24H44O4. The zero-order valence-corrected chi connectivity index (χ0v) is 18.6. The van der Waals surface area contributed by atoms with Crippen LogP contribution in [0.25, 0.3) is 0 Å². The zero-order valence-electron chi connectivity index (χ0n) is 18.6. The molecule has 2 N–H and O–H groups in total. The van der Waals surface area contributed by atoms with E-state index in [2.05, 4.69) is 13.8 Å². The van der Waals surface area contributed by atoms with Crippen molar-refractivity contribution in [2.45, 2.75) is 124 Å². The molecule has 0 aromatic heterocycles. The van der Waals surface area contributed by atoms with Crippen LogP contribution in [0.2, 0.25) is 0 Å². The van der Waals surface area contributed by atoms with Gasteiger partial charge in [0, 0.05) is 12.0 Å². The van der Waals surface area contributed by atoms with Gasteiger partial charge in [0.25, 0.3) is 0 Å². The summed E-state index contributed by atoms with van der Waals surface area (Å²) in [5.41, 5.74) is 1.68. The Balaban J connectivity index is 4.59. The van der Waals surface area contributed by atoms with Crippen molar-refractivity contribution in [2.24, 2.45) is 5.92 Å². The van der Waals surface area contributed by atoms with Crippen molar-refractivity contribution in [3.05, 3.63) is 11.1 Å². The summed E-state index contributed by atoms with van der Waals surface area (Å²) in [7, 11) is 0. The standard InChI is InChI=1S/C24H44O4/c1-4-6-8-12-16-21(15-7-5-2)19-22(20(3)24(27)28)17-13-10-9-11-14-18-23(25)26/h21H,4-19H2,1-3H3,(H,25,26)(H,27,28). The monoisotopic (exact) mass is 396 g/mol. The molecule has 0 saturated heterocycles. The third kappa shape index (κ3) is 14.7. The van der Waals surface area contributed by atoms with Crippen LogP contribution >= 0.6 is 0 Å². The molecule has 0 fully saturated rings. The molecule has 0 rings (SSSR count). The lowest BCUT2D eigenvalue weighted by molar-refractivity contribution is -0.137. The first-order valence-corrected chi connectivity index (χ1v) is 11.6. The Hall–Kier alpha value is -1.32. The van der Waals surface area contributed by atoms with Crippen LogP contribution in [0.5, 0.6) is 0 Å². The third-order valence-electron chi connectivity index (χ3n) is 5.69. The van der Waals surface area contributed by atoms with E-state index in [9.17, 15) is 14.7 Å². The number of allylic oxidation sites excluding steroid dienone is 1. The van der Waals surface area contributed by atoms with Crippen LogP contribution in [-0.4, -0.2) is 22.2 Å². The van der Waals surface area contributed by atoms with E-state index in [4.69, 9.17) is 5.11 Å². The van der Waals surface area contributed by atoms with Crippen molar-refractivity contribution >= 4 is 11.9 Å². The molecular weight excluding hydrogens is 352 g/mol. The summed E-state index contributed by atoms with van der Waals surface area (Å²) >= 11 is 0. The van der Waals surface area contributed by atoms with E-state index < -0.39 is 11.9 Å². The summed E-state index contributed by atoms with van der Waals surface area (Å²) in [6.45, 7) is 6.21. The largest absolute Gasteiger partial charge is 0.481 e. The Kier molecular flexibility index (Phi) is 16.9. The fraction of sp³-hybridized carbons (Fsp3) is 0.833. The van der Waals surface area contributed by atoms with Gasteiger partial charge in [-0.05, 0) is 38.5 Å². The Morgan fingerprint density at radius 2 is 1.25 bits per heavy atom. The van der Waals surface area contributed by atoms with Gasteiger partial charge in [0.15, 0.2) is 0 Å². The molecule has 0 aliphatic carbocycles. The molecule has 0 spiro atoms. The van der Waals surface area contributed by atoms with Crippen molar-refractivity contribution in [1.29, 1.82) is 0 Å². The van der Waals surface area contributed by atoms with Crippen LogP contribution in [0.4, 0.5) is 0 Å². The Morgan fingerprint density at radius 3 is 1.82 bits per heavy atom. The average Bonchev–Trinajstić information content (AvgIpc) is 2.66. The first-order valence-electron chi connectivity index (χ1n) is 11.6. The molecule has 1 atom stereocenters. The van der Waals surface area contributed by atoms with Gasteiger partial charge >= 0.3 is 11.9 Å². The Morgan fingerprint density at radius 1 is 0.714 bits per heavy atom. The van der Waals surface area contributed by atoms with Crippen LogP contribution in [0.3, 0.4) is 0 Å². The van der Waals surface area contributed by atoms with Gasteiger partial charge in [-0.2, -0.15) is 0 Å². The highest BCUT2D eigenvalue weighted by Gasteiger charge is 2.16. The average molecular weight is 397 g/mol. The van der Waals surface area contributed by atoms with Crippen molar-refractivity contribution in [2.75, 3.05) is 0 Å². The topological polar surface area (TPSA) is 74.6 Å². The van der Waals surface area contributed by atoms with Crippen molar-refractivity contribution in [1.82, 2.24) is 0 Å². The first kappa shape index (κ1) is 26.7. The van der Waals surface area contributed by atoms with Gasteiger partial charge in [-0.3, -0.25) is 4.79 Å². The number of rotatable bonds is 19. The normalized spacial score (nSPS) is 13.2. The lowest BCUT2D eigenvalue weighted by Crippen LogP contribution is -2.08. The summed E-state index contributed by atoms with van der Waals surface area (Å²) in [4.78, 5) is 22.1. The summed E-state index contributed by atoms with van der Waals surface area (Å²) in [6, 6.07) is 0. The maximum Gasteiger partial charge on any atom is 0.331 e. The van der Waals surface area contributed by atoms with Gasteiger partial charge in [-0.15, -0.1) is 0 Å². The van der Waals surface area contributed by atoms with Crippen LogP contribution < -0.4 is 0 Å². The van der Waals surface area contributed by atoms with Gasteiger partial charge in [-0.1, -0.05) is 90.0 Å². The predicted molar refractivity (Wildman–Crippen MR) is 117 cm³/mol. The van der Waals surface area contributed by atoms with Crippen molar-refractivity contribution < 1.29 is 19.8 Å². The van der Waals surface area contributed by atoms with E-state index in [1.54, 1.807) is 6.92 Å². The molecule has 0 saturated carbocycles. The summed E-state index contributed by atoms with van der Waals surface area (Å²) < 4.78 is 0. The molecule has 1 unspecified atom stereocenters. The quantitative estimate of drug-likeness (QED) is 0.176. The summed E-state index contributed by atoms with van der Waals surface area (Å²) in [5, 5.41) is 18.2. The smallest absolute Gasteiger partial charge is 0.331 e. The minimum Gasteiger partial charge on any atom is -0.481 e. The lowest BCUT2D eigenvalue weighted by atomic mass is 9.86. The van der Waals surface area contributed by atoms with Crippen LogP contribution in [0.1, 0.15) is 124 Å². The lowest BCUT2D eigenvalue weighted by Gasteiger charge is -2.20. The molecule has 0 aromatic carbocycles. The fourth-order valence-corrected chi connectivity index (χ4v) is 3.79. The molecule has 4 nitrogen and oxygen atoms in total. The third-order valence-corrected chi connectivity index (χ3v) is 5.69. The van der Waals surface area contributed by atoms with Gasteiger partial charge in [0.2, 0.25) is 0 Å².